The van der Waals surface area contributed by atoms with Crippen LogP contribution >= 0.6 is 0 Å². The van der Waals surface area contributed by atoms with Crippen LogP contribution in [0.5, 0.6) is 0 Å². The lowest BCUT2D eigenvalue weighted by Gasteiger charge is -2.20. The number of fused-ring (bicyclic) bond motifs is 2. The zero-order valence-electron chi connectivity index (χ0n) is 18.0. The highest BCUT2D eigenvalue weighted by molar-refractivity contribution is 5.98. The van der Waals surface area contributed by atoms with Crippen LogP contribution in [0, 0.1) is 20.8 Å². The lowest BCUT2D eigenvalue weighted by molar-refractivity contribution is 0.0772. The molecule has 4 nitrogen and oxygen atoms in total. The highest BCUT2D eigenvalue weighted by Crippen LogP contribution is 2.26. The first-order valence-electron chi connectivity index (χ1n) is 10.6. The normalized spacial score (nSPS) is 13.7. The van der Waals surface area contributed by atoms with Gasteiger partial charge in [-0.2, -0.15) is 0 Å². The second-order valence-electron chi connectivity index (χ2n) is 8.54. The Morgan fingerprint density at radius 1 is 1.07 bits per heavy atom. The fourth-order valence-electron chi connectivity index (χ4n) is 4.36. The average molecular weight is 390 g/mol. The number of aromatic nitrogens is 1. The summed E-state index contributed by atoms with van der Waals surface area (Å²) >= 11 is 0. The van der Waals surface area contributed by atoms with E-state index in [4.69, 9.17) is 0 Å². The fourth-order valence-corrected chi connectivity index (χ4v) is 4.36. The average Bonchev–Trinajstić information content (AvgIpc) is 3.24. The molecule has 1 aliphatic heterocycles. The number of aryl methyl sites for hydroxylation is 3. The van der Waals surface area contributed by atoms with Gasteiger partial charge in [0.05, 0.1) is 0 Å². The number of hydrogen-bond acceptors (Lipinski definition) is 2. The van der Waals surface area contributed by atoms with Gasteiger partial charge in [0, 0.05) is 42.3 Å². The zero-order valence-corrected chi connectivity index (χ0v) is 18.0. The quantitative estimate of drug-likeness (QED) is 0.641. The Bertz CT molecular complexity index is 1050. The van der Waals surface area contributed by atoms with E-state index in [1.165, 1.54) is 38.7 Å². The molecule has 0 fully saturated rings. The molecule has 2 aromatic carbocycles. The van der Waals surface area contributed by atoms with Crippen LogP contribution in [-0.4, -0.2) is 47.4 Å². The summed E-state index contributed by atoms with van der Waals surface area (Å²) in [6.45, 7) is 9.94. The SMILES string of the molecule is Cc1cc2c(cc1C)C(=O)N(CCCN(C)CCc1c[nH]c3c(C)cccc13)C2. The molecule has 0 spiro atoms. The van der Waals surface area contributed by atoms with Crippen LogP contribution in [0.3, 0.4) is 0 Å². The van der Waals surface area contributed by atoms with Crippen LogP contribution in [0.4, 0.5) is 0 Å². The molecule has 0 unspecified atom stereocenters. The summed E-state index contributed by atoms with van der Waals surface area (Å²) in [5.41, 5.74) is 8.48. The number of carbonyl (C=O) groups excluding carboxylic acids is 1. The maximum Gasteiger partial charge on any atom is 0.254 e. The molecular weight excluding hydrogens is 358 g/mol. The van der Waals surface area contributed by atoms with Crippen LogP contribution in [0.2, 0.25) is 0 Å². The molecule has 2 heterocycles. The molecule has 1 amide bonds. The highest BCUT2D eigenvalue weighted by Gasteiger charge is 2.27. The molecule has 0 aliphatic carbocycles. The summed E-state index contributed by atoms with van der Waals surface area (Å²) in [5, 5.41) is 1.34. The molecule has 0 bridgehead atoms. The molecule has 0 atom stereocenters. The van der Waals surface area contributed by atoms with E-state index in [-0.39, 0.29) is 5.91 Å². The van der Waals surface area contributed by atoms with Crippen LogP contribution in [0.1, 0.15) is 44.6 Å². The van der Waals surface area contributed by atoms with E-state index in [2.05, 4.69) is 74.2 Å². The number of hydrogen-bond donors (Lipinski definition) is 1. The first-order valence-corrected chi connectivity index (χ1v) is 10.6. The van der Waals surface area contributed by atoms with Crippen LogP contribution in [-0.2, 0) is 13.0 Å². The summed E-state index contributed by atoms with van der Waals surface area (Å²) in [6.07, 6.45) is 4.18. The third-order valence-corrected chi connectivity index (χ3v) is 6.34. The van der Waals surface area contributed by atoms with Crippen molar-refractivity contribution in [2.75, 3.05) is 26.7 Å². The van der Waals surface area contributed by atoms with Crippen molar-refractivity contribution in [1.82, 2.24) is 14.8 Å². The largest absolute Gasteiger partial charge is 0.361 e. The van der Waals surface area contributed by atoms with E-state index in [0.29, 0.717) is 0 Å². The maximum absolute atomic E-state index is 12.7. The molecule has 0 radical (unpaired) electrons. The second-order valence-corrected chi connectivity index (χ2v) is 8.54. The predicted octanol–water partition coefficient (Wildman–Crippen LogP) is 4.61. The summed E-state index contributed by atoms with van der Waals surface area (Å²) < 4.78 is 0. The van der Waals surface area contributed by atoms with Crippen molar-refractivity contribution < 1.29 is 4.79 Å². The van der Waals surface area contributed by atoms with Gasteiger partial charge < -0.3 is 14.8 Å². The van der Waals surface area contributed by atoms with E-state index in [9.17, 15) is 4.79 Å². The fraction of sp³-hybridized carbons (Fsp3) is 0.400. The van der Waals surface area contributed by atoms with E-state index in [1.807, 2.05) is 4.90 Å². The number of nitrogens with one attached hydrogen (secondary N) is 1. The Balaban J connectivity index is 1.27. The van der Waals surface area contributed by atoms with E-state index in [0.717, 1.165) is 44.6 Å². The first kappa shape index (κ1) is 19.7. The molecule has 4 heteroatoms. The number of likely N-dealkylation sites (N-methyl/N-ethyl adjacent to an activating group) is 1. The first-order chi connectivity index (χ1) is 13.9. The smallest absolute Gasteiger partial charge is 0.254 e. The van der Waals surface area contributed by atoms with Gasteiger partial charge in [-0.3, -0.25) is 4.79 Å². The van der Waals surface area contributed by atoms with Gasteiger partial charge in [0.15, 0.2) is 0 Å². The van der Waals surface area contributed by atoms with Crippen molar-refractivity contribution in [3.8, 4) is 0 Å². The number of aromatic amines is 1. The van der Waals surface area contributed by atoms with Crippen molar-refractivity contribution >= 4 is 16.8 Å². The van der Waals surface area contributed by atoms with Crippen molar-refractivity contribution in [1.29, 1.82) is 0 Å². The topological polar surface area (TPSA) is 39.3 Å². The molecule has 1 aliphatic rings. The van der Waals surface area contributed by atoms with Crippen molar-refractivity contribution in [2.45, 2.75) is 40.2 Å². The molecule has 4 rings (SSSR count). The standard InChI is InChI=1S/C25H31N3O/c1-17-7-5-8-22-20(15-26-24(17)22)9-12-27(4)10-6-11-28-16-21-13-18(2)19(3)14-23(21)25(28)29/h5,7-8,13-15,26H,6,9-12,16H2,1-4H3. The Kier molecular flexibility index (Phi) is 5.46. The minimum atomic E-state index is 0.194. The zero-order chi connectivity index (χ0) is 20.5. The number of benzene rings is 2. The number of H-pyrrole nitrogens is 1. The predicted molar refractivity (Wildman–Crippen MR) is 120 cm³/mol. The van der Waals surface area contributed by atoms with Crippen LogP contribution in [0.25, 0.3) is 10.9 Å². The molecule has 1 N–H and O–H groups in total. The number of rotatable bonds is 7. The van der Waals surface area contributed by atoms with Crippen molar-refractivity contribution in [2.24, 2.45) is 0 Å². The summed E-state index contributed by atoms with van der Waals surface area (Å²) in [5.74, 6) is 0.194. The van der Waals surface area contributed by atoms with E-state index in [1.54, 1.807) is 0 Å². The van der Waals surface area contributed by atoms with Gasteiger partial charge in [0.1, 0.15) is 0 Å². The number of carbonyl (C=O) groups is 1. The molecule has 152 valence electrons. The summed E-state index contributed by atoms with van der Waals surface area (Å²) in [7, 11) is 2.17. The van der Waals surface area contributed by atoms with E-state index < -0.39 is 0 Å². The summed E-state index contributed by atoms with van der Waals surface area (Å²) in [4.78, 5) is 20.5. The Morgan fingerprint density at radius 2 is 1.86 bits per heavy atom. The van der Waals surface area contributed by atoms with Crippen molar-refractivity contribution in [3.05, 3.63) is 69.9 Å². The molecule has 0 saturated heterocycles. The van der Waals surface area contributed by atoms with Gasteiger partial charge in [-0.1, -0.05) is 24.3 Å². The minimum Gasteiger partial charge on any atom is -0.361 e. The van der Waals surface area contributed by atoms with Gasteiger partial charge >= 0.3 is 0 Å². The van der Waals surface area contributed by atoms with Gasteiger partial charge in [-0.15, -0.1) is 0 Å². The van der Waals surface area contributed by atoms with Gasteiger partial charge in [0.2, 0.25) is 0 Å². The van der Waals surface area contributed by atoms with Gasteiger partial charge in [-0.05, 0) is 81.1 Å². The van der Waals surface area contributed by atoms with Crippen LogP contribution < -0.4 is 0 Å². The van der Waals surface area contributed by atoms with Gasteiger partial charge in [-0.25, -0.2) is 0 Å². The monoisotopic (exact) mass is 389 g/mol. The lowest BCUT2D eigenvalue weighted by atomic mass is 10.0. The molecular formula is C25H31N3O. The Hall–Kier alpha value is -2.59. The van der Waals surface area contributed by atoms with Crippen LogP contribution in [0.15, 0.2) is 36.5 Å². The molecule has 1 aromatic heterocycles. The summed E-state index contributed by atoms with van der Waals surface area (Å²) in [6, 6.07) is 10.7. The van der Waals surface area contributed by atoms with E-state index >= 15 is 0 Å². The molecule has 3 aromatic rings. The lowest BCUT2D eigenvalue weighted by Crippen LogP contribution is -2.29. The van der Waals surface area contributed by atoms with Crippen molar-refractivity contribution in [3.63, 3.8) is 0 Å². The third kappa shape index (κ3) is 3.95. The number of para-hydroxylation sites is 1. The third-order valence-electron chi connectivity index (χ3n) is 6.34. The number of amides is 1. The molecule has 0 saturated carbocycles. The second kappa shape index (κ2) is 8.03. The van der Waals surface area contributed by atoms with Gasteiger partial charge in [0.25, 0.3) is 5.91 Å². The number of nitrogens with zero attached hydrogens (tertiary/aromatic N) is 2. The highest BCUT2D eigenvalue weighted by atomic mass is 16.2. The molecule has 29 heavy (non-hydrogen) atoms. The Labute approximate surface area is 173 Å². The Morgan fingerprint density at radius 3 is 2.69 bits per heavy atom. The minimum absolute atomic E-state index is 0.194. The maximum atomic E-state index is 12.7.